The van der Waals surface area contributed by atoms with Gasteiger partial charge in [0, 0.05) is 12.8 Å². The number of carbonyl (C=O) groups is 4. The van der Waals surface area contributed by atoms with Gasteiger partial charge in [-0.2, -0.15) is 5.10 Å². The van der Waals surface area contributed by atoms with Crippen molar-refractivity contribution in [2.24, 2.45) is 5.10 Å². The van der Waals surface area contributed by atoms with Gasteiger partial charge in [0.15, 0.2) is 0 Å². The van der Waals surface area contributed by atoms with Gasteiger partial charge in [0.2, 0.25) is 5.91 Å². The summed E-state index contributed by atoms with van der Waals surface area (Å²) in [5.74, 6) is -2.64. The molecule has 134 valence electrons. The maximum Gasteiger partial charge on any atom is 0.379 e. The Kier molecular flexibility index (Phi) is 4.00. The van der Waals surface area contributed by atoms with E-state index in [9.17, 15) is 19.2 Å². The average Bonchev–Trinajstić information content (AvgIpc) is 2.94. The van der Waals surface area contributed by atoms with Crippen LogP contribution < -0.4 is 5.01 Å². The molecule has 0 unspecified atom stereocenters. The van der Waals surface area contributed by atoms with E-state index < -0.39 is 17.8 Å². The average molecular weight is 363 g/mol. The van der Waals surface area contributed by atoms with Crippen LogP contribution in [0.1, 0.15) is 33.6 Å². The van der Waals surface area contributed by atoms with Crippen LogP contribution in [0.15, 0.2) is 59.7 Å². The molecule has 0 N–H and O–H groups in total. The summed E-state index contributed by atoms with van der Waals surface area (Å²) >= 11 is 0. The lowest BCUT2D eigenvalue weighted by Gasteiger charge is -2.23. The van der Waals surface area contributed by atoms with Crippen molar-refractivity contribution in [3.05, 3.63) is 65.7 Å². The lowest BCUT2D eigenvalue weighted by Crippen LogP contribution is -2.39. The van der Waals surface area contributed by atoms with Crippen molar-refractivity contribution >= 4 is 35.1 Å². The summed E-state index contributed by atoms with van der Waals surface area (Å²) in [4.78, 5) is 54.1. The van der Waals surface area contributed by atoms with Gasteiger partial charge in [-0.3, -0.25) is 14.4 Å². The van der Waals surface area contributed by atoms with E-state index in [0.29, 0.717) is 10.8 Å². The minimum absolute atomic E-state index is 0.0463. The highest BCUT2D eigenvalue weighted by Crippen LogP contribution is 2.24. The minimum Gasteiger partial charge on any atom is -0.323 e. The fourth-order valence-electron chi connectivity index (χ4n) is 2.86. The Labute approximate surface area is 153 Å². The Morgan fingerprint density at radius 1 is 0.852 bits per heavy atom. The molecule has 0 bridgehead atoms. The van der Waals surface area contributed by atoms with E-state index in [0.717, 1.165) is 5.01 Å². The second-order valence-corrected chi connectivity index (χ2v) is 5.92. The molecule has 0 atom stereocenters. The Bertz CT molecular complexity index is 964. The zero-order valence-corrected chi connectivity index (χ0v) is 14.0. The number of hydrazone groups is 1. The third-order valence-corrected chi connectivity index (χ3v) is 4.20. The topological polar surface area (TPSA) is 96.3 Å². The second kappa shape index (κ2) is 6.49. The molecule has 0 aliphatic carbocycles. The summed E-state index contributed by atoms with van der Waals surface area (Å²) in [5, 5.41) is 5.59. The van der Waals surface area contributed by atoms with Gasteiger partial charge in [0.1, 0.15) is 5.71 Å². The van der Waals surface area contributed by atoms with Crippen LogP contribution in [-0.2, 0) is 14.4 Å². The zero-order valence-electron chi connectivity index (χ0n) is 14.0. The van der Waals surface area contributed by atoms with Crippen molar-refractivity contribution in [1.29, 1.82) is 0 Å². The van der Waals surface area contributed by atoms with E-state index in [1.807, 2.05) is 0 Å². The molecule has 0 spiro atoms. The molecule has 4 rings (SSSR count). The first-order chi connectivity index (χ1) is 13.1. The Hall–Kier alpha value is -3.81. The highest BCUT2D eigenvalue weighted by atomic mass is 16.7. The van der Waals surface area contributed by atoms with Crippen LogP contribution >= 0.6 is 0 Å². The number of hydroxylamine groups is 2. The number of amides is 3. The molecule has 0 aromatic heterocycles. The van der Waals surface area contributed by atoms with Crippen LogP contribution in [0, 0.1) is 0 Å². The number of benzene rings is 2. The fraction of sp³-hybridized carbons (Fsp3) is 0.105. The van der Waals surface area contributed by atoms with Gasteiger partial charge < -0.3 is 4.84 Å². The SMILES string of the molecule is O=C(ON1C(=O)c2ccccc2C1=O)C1=NN(c2ccccc2)C(=O)CC1. The lowest BCUT2D eigenvalue weighted by atomic mass is 10.1. The summed E-state index contributed by atoms with van der Waals surface area (Å²) in [6, 6.07) is 14.8. The molecule has 0 radical (unpaired) electrons. The Morgan fingerprint density at radius 3 is 2.07 bits per heavy atom. The molecule has 27 heavy (non-hydrogen) atoms. The van der Waals surface area contributed by atoms with Crippen molar-refractivity contribution in [2.75, 3.05) is 5.01 Å². The first-order valence-corrected chi connectivity index (χ1v) is 8.22. The van der Waals surface area contributed by atoms with Crippen molar-refractivity contribution in [3.63, 3.8) is 0 Å². The van der Waals surface area contributed by atoms with Crippen LogP contribution in [0.5, 0.6) is 0 Å². The monoisotopic (exact) mass is 363 g/mol. The van der Waals surface area contributed by atoms with E-state index in [2.05, 4.69) is 5.10 Å². The number of anilines is 1. The van der Waals surface area contributed by atoms with E-state index in [1.54, 1.807) is 42.5 Å². The maximum atomic E-state index is 12.4. The van der Waals surface area contributed by atoms with Crippen LogP contribution in [0.25, 0.3) is 0 Å². The molecule has 2 aromatic rings. The molecule has 2 heterocycles. The molecule has 2 aliphatic rings. The number of nitrogens with zero attached hydrogens (tertiary/aromatic N) is 3. The number of carbonyl (C=O) groups excluding carboxylic acids is 4. The molecule has 0 saturated carbocycles. The molecule has 8 heteroatoms. The van der Waals surface area contributed by atoms with Crippen LogP contribution in [-0.4, -0.2) is 34.5 Å². The molecule has 2 aromatic carbocycles. The quantitative estimate of drug-likeness (QED) is 0.776. The van der Waals surface area contributed by atoms with Gasteiger partial charge in [-0.25, -0.2) is 9.80 Å². The van der Waals surface area contributed by atoms with Gasteiger partial charge in [-0.1, -0.05) is 35.4 Å². The summed E-state index contributed by atoms with van der Waals surface area (Å²) in [5.41, 5.74) is 0.798. The number of hydrogen-bond acceptors (Lipinski definition) is 6. The largest absolute Gasteiger partial charge is 0.379 e. The summed E-state index contributed by atoms with van der Waals surface area (Å²) in [6.45, 7) is 0. The number of imide groups is 1. The third kappa shape index (κ3) is 2.86. The van der Waals surface area contributed by atoms with E-state index in [1.165, 1.54) is 12.1 Å². The molecule has 2 aliphatic heterocycles. The summed E-state index contributed by atoms with van der Waals surface area (Å²) < 4.78 is 0. The van der Waals surface area contributed by atoms with Gasteiger partial charge >= 0.3 is 5.97 Å². The third-order valence-electron chi connectivity index (χ3n) is 4.20. The second-order valence-electron chi connectivity index (χ2n) is 5.92. The fourth-order valence-corrected chi connectivity index (χ4v) is 2.86. The zero-order chi connectivity index (χ0) is 19.0. The number of para-hydroxylation sites is 1. The van der Waals surface area contributed by atoms with Crippen molar-refractivity contribution in [3.8, 4) is 0 Å². The summed E-state index contributed by atoms with van der Waals surface area (Å²) in [6.07, 6.45) is 0.120. The predicted octanol–water partition coefficient (Wildman–Crippen LogP) is 1.92. The number of fused-ring (bicyclic) bond motifs is 1. The molecule has 3 amide bonds. The van der Waals surface area contributed by atoms with E-state index >= 15 is 0 Å². The maximum absolute atomic E-state index is 12.4. The highest BCUT2D eigenvalue weighted by molar-refractivity contribution is 6.38. The van der Waals surface area contributed by atoms with Crippen molar-refractivity contribution in [2.45, 2.75) is 12.8 Å². The van der Waals surface area contributed by atoms with Crippen LogP contribution in [0.2, 0.25) is 0 Å². The Balaban J connectivity index is 1.56. The smallest absolute Gasteiger partial charge is 0.323 e. The normalized spacial score (nSPS) is 16.3. The van der Waals surface area contributed by atoms with Gasteiger partial charge in [-0.05, 0) is 24.3 Å². The standard InChI is InChI=1S/C19H13N3O5/c23-16-11-10-15(20-21(16)12-6-2-1-3-7-12)19(26)27-22-17(24)13-8-4-5-9-14(13)18(22)25/h1-9H,10-11H2. The van der Waals surface area contributed by atoms with Crippen LogP contribution in [0.3, 0.4) is 0 Å². The highest BCUT2D eigenvalue weighted by Gasteiger charge is 2.39. The van der Waals surface area contributed by atoms with Crippen LogP contribution in [0.4, 0.5) is 5.69 Å². The molecular formula is C19H13N3O5. The predicted molar refractivity (Wildman–Crippen MR) is 93.6 cm³/mol. The number of hydrogen-bond donors (Lipinski definition) is 0. The number of rotatable bonds is 3. The first kappa shape index (κ1) is 16.6. The van der Waals surface area contributed by atoms with Gasteiger partial charge in [-0.15, -0.1) is 0 Å². The van der Waals surface area contributed by atoms with Crippen molar-refractivity contribution < 1.29 is 24.0 Å². The van der Waals surface area contributed by atoms with Gasteiger partial charge in [0.05, 0.1) is 16.8 Å². The van der Waals surface area contributed by atoms with Crippen molar-refractivity contribution in [1.82, 2.24) is 5.06 Å². The first-order valence-electron chi connectivity index (χ1n) is 8.22. The Morgan fingerprint density at radius 2 is 1.44 bits per heavy atom. The van der Waals surface area contributed by atoms with E-state index in [4.69, 9.17) is 4.84 Å². The van der Waals surface area contributed by atoms with Gasteiger partial charge in [0.25, 0.3) is 11.8 Å². The molecular weight excluding hydrogens is 350 g/mol. The van der Waals surface area contributed by atoms with E-state index in [-0.39, 0.29) is 35.6 Å². The molecule has 0 fully saturated rings. The molecule has 8 nitrogen and oxygen atoms in total. The lowest BCUT2D eigenvalue weighted by molar-refractivity contribution is -0.159. The molecule has 0 saturated heterocycles. The minimum atomic E-state index is -0.946. The summed E-state index contributed by atoms with van der Waals surface area (Å²) in [7, 11) is 0.